The molecule has 2 aromatic carbocycles. The van der Waals surface area contributed by atoms with E-state index >= 15 is 0 Å². The van der Waals surface area contributed by atoms with Gasteiger partial charge < -0.3 is 5.32 Å². The molecule has 0 unspecified atom stereocenters. The molecule has 1 atom stereocenters. The van der Waals surface area contributed by atoms with E-state index in [1.807, 2.05) is 0 Å². The first-order valence-electron chi connectivity index (χ1n) is 9.35. The monoisotopic (exact) mass is 308 g/mol. The van der Waals surface area contributed by atoms with Crippen LogP contribution in [0.2, 0.25) is 0 Å². The summed E-state index contributed by atoms with van der Waals surface area (Å²) >= 11 is 0. The van der Waals surface area contributed by atoms with Gasteiger partial charge in [-0.25, -0.2) is 0 Å². The summed E-state index contributed by atoms with van der Waals surface area (Å²) in [6.07, 6.45) is 7.08. The van der Waals surface area contributed by atoms with Gasteiger partial charge in [0.05, 0.1) is 0 Å². The smallest absolute Gasteiger partial charge is 0.0377 e. The van der Waals surface area contributed by atoms with Crippen LogP contribution in [0.1, 0.15) is 43.7 Å². The van der Waals surface area contributed by atoms with E-state index in [2.05, 4.69) is 52.7 Å². The third-order valence-corrected chi connectivity index (χ3v) is 5.76. The Morgan fingerprint density at radius 3 is 2.39 bits per heavy atom. The lowest BCUT2D eigenvalue weighted by atomic mass is 9.80. The van der Waals surface area contributed by atoms with Crippen molar-refractivity contribution < 1.29 is 0 Å². The van der Waals surface area contributed by atoms with Crippen molar-refractivity contribution in [1.29, 1.82) is 0 Å². The molecule has 2 aromatic rings. The second kappa shape index (κ2) is 7.02. The molecule has 23 heavy (non-hydrogen) atoms. The molecule has 2 heteroatoms. The number of piperazine rings is 1. The Morgan fingerprint density at radius 1 is 0.870 bits per heavy atom. The van der Waals surface area contributed by atoms with Crippen LogP contribution in [-0.2, 0) is 0 Å². The van der Waals surface area contributed by atoms with Gasteiger partial charge in [-0.1, -0.05) is 55.7 Å². The summed E-state index contributed by atoms with van der Waals surface area (Å²) in [5.74, 6) is 0.836. The molecule has 0 amide bonds. The fourth-order valence-electron chi connectivity index (χ4n) is 4.58. The number of nitrogens with zero attached hydrogens (tertiary/aromatic N) is 1. The van der Waals surface area contributed by atoms with Crippen molar-refractivity contribution >= 4 is 10.8 Å². The fraction of sp³-hybridized carbons (Fsp3) is 0.524. The standard InChI is InChI=1S/C21H28N2/c1-2-7-18(8-3-1)21(23-14-12-22-13-15-23)20-11-10-17-6-4-5-9-19(17)16-20/h4-6,9-11,16,18,21-22H,1-3,7-8,12-15H2/t21-/m1/s1. The Bertz CT molecular complexity index is 621. The SMILES string of the molecule is c1ccc2cc([C@@H](C3CCCCC3)N3CCNCC3)ccc2c1. The largest absolute Gasteiger partial charge is 0.314 e. The maximum Gasteiger partial charge on any atom is 0.0377 e. The van der Waals surface area contributed by atoms with E-state index in [4.69, 9.17) is 0 Å². The Kier molecular flexibility index (Phi) is 4.63. The molecule has 0 spiro atoms. The molecule has 2 fully saturated rings. The predicted octanol–water partition coefficient (Wildman–Crippen LogP) is 4.37. The highest BCUT2D eigenvalue weighted by molar-refractivity contribution is 5.83. The lowest BCUT2D eigenvalue weighted by Crippen LogP contribution is -2.47. The number of rotatable bonds is 3. The van der Waals surface area contributed by atoms with Crippen molar-refractivity contribution in [2.45, 2.75) is 38.1 Å². The van der Waals surface area contributed by atoms with Crippen LogP contribution >= 0.6 is 0 Å². The highest BCUT2D eigenvalue weighted by Gasteiger charge is 2.30. The Labute approximate surface area is 139 Å². The topological polar surface area (TPSA) is 15.3 Å². The number of hydrogen-bond donors (Lipinski definition) is 1. The van der Waals surface area contributed by atoms with E-state index in [1.54, 1.807) is 0 Å². The van der Waals surface area contributed by atoms with Gasteiger partial charge in [-0.15, -0.1) is 0 Å². The average Bonchev–Trinajstić information content (AvgIpc) is 2.64. The van der Waals surface area contributed by atoms with E-state index in [9.17, 15) is 0 Å². The van der Waals surface area contributed by atoms with Gasteiger partial charge in [-0.2, -0.15) is 0 Å². The molecule has 0 radical (unpaired) electrons. The lowest BCUT2D eigenvalue weighted by Gasteiger charge is -2.41. The third kappa shape index (κ3) is 3.29. The first-order chi connectivity index (χ1) is 11.4. The third-order valence-electron chi connectivity index (χ3n) is 5.76. The molecule has 122 valence electrons. The summed E-state index contributed by atoms with van der Waals surface area (Å²) in [5.41, 5.74) is 1.54. The van der Waals surface area contributed by atoms with Crippen molar-refractivity contribution in [2.75, 3.05) is 26.2 Å². The molecule has 0 aromatic heterocycles. The summed E-state index contributed by atoms with van der Waals surface area (Å²) < 4.78 is 0. The maximum absolute atomic E-state index is 3.51. The molecule has 1 aliphatic heterocycles. The number of benzene rings is 2. The van der Waals surface area contributed by atoms with Crippen LogP contribution in [0.25, 0.3) is 10.8 Å². The fourth-order valence-corrected chi connectivity index (χ4v) is 4.58. The van der Waals surface area contributed by atoms with Gasteiger partial charge in [0.1, 0.15) is 0 Å². The number of fused-ring (bicyclic) bond motifs is 1. The van der Waals surface area contributed by atoms with Crippen molar-refractivity contribution in [3.8, 4) is 0 Å². The van der Waals surface area contributed by atoms with Gasteiger partial charge in [0.25, 0.3) is 0 Å². The van der Waals surface area contributed by atoms with E-state index in [1.165, 1.54) is 61.5 Å². The summed E-state index contributed by atoms with van der Waals surface area (Å²) in [4.78, 5) is 2.75. The van der Waals surface area contributed by atoms with Crippen LogP contribution in [0.4, 0.5) is 0 Å². The zero-order valence-electron chi connectivity index (χ0n) is 14.0. The van der Waals surface area contributed by atoms with Crippen LogP contribution in [0.3, 0.4) is 0 Å². The molecule has 1 saturated heterocycles. The average molecular weight is 308 g/mol. The quantitative estimate of drug-likeness (QED) is 0.906. The van der Waals surface area contributed by atoms with Crippen LogP contribution in [0, 0.1) is 5.92 Å². The number of nitrogens with one attached hydrogen (secondary N) is 1. The summed E-state index contributed by atoms with van der Waals surface area (Å²) in [7, 11) is 0. The van der Waals surface area contributed by atoms with Gasteiger partial charge in [-0.3, -0.25) is 4.90 Å². The minimum absolute atomic E-state index is 0.613. The van der Waals surface area contributed by atoms with Crippen LogP contribution < -0.4 is 5.32 Å². The van der Waals surface area contributed by atoms with E-state index in [0.717, 1.165) is 19.0 Å². The normalized spacial score (nSPS) is 22.3. The molecule has 1 heterocycles. The second-order valence-electron chi connectivity index (χ2n) is 7.24. The van der Waals surface area contributed by atoms with Gasteiger partial charge >= 0.3 is 0 Å². The minimum atomic E-state index is 0.613. The van der Waals surface area contributed by atoms with E-state index < -0.39 is 0 Å². The van der Waals surface area contributed by atoms with Gasteiger partial charge in [0.2, 0.25) is 0 Å². The van der Waals surface area contributed by atoms with Crippen molar-refractivity contribution in [1.82, 2.24) is 10.2 Å². The van der Waals surface area contributed by atoms with Crippen molar-refractivity contribution in [3.05, 3.63) is 48.0 Å². The minimum Gasteiger partial charge on any atom is -0.314 e. The van der Waals surface area contributed by atoms with Crippen molar-refractivity contribution in [2.24, 2.45) is 5.92 Å². The van der Waals surface area contributed by atoms with E-state index in [0.29, 0.717) is 6.04 Å². The Balaban J connectivity index is 1.69. The molecule has 2 nitrogen and oxygen atoms in total. The molecule has 1 aliphatic carbocycles. The summed E-state index contributed by atoms with van der Waals surface area (Å²) in [6, 6.07) is 16.6. The van der Waals surface area contributed by atoms with Crippen LogP contribution in [-0.4, -0.2) is 31.1 Å². The number of hydrogen-bond acceptors (Lipinski definition) is 2. The molecular formula is C21H28N2. The Morgan fingerprint density at radius 2 is 1.61 bits per heavy atom. The molecule has 1 N–H and O–H groups in total. The van der Waals surface area contributed by atoms with Crippen molar-refractivity contribution in [3.63, 3.8) is 0 Å². The maximum atomic E-state index is 3.51. The molecule has 4 rings (SSSR count). The van der Waals surface area contributed by atoms with Gasteiger partial charge in [-0.05, 0) is 41.2 Å². The summed E-state index contributed by atoms with van der Waals surface area (Å²) in [5, 5.41) is 6.26. The Hall–Kier alpha value is -1.38. The zero-order chi connectivity index (χ0) is 15.5. The molecule has 1 saturated carbocycles. The van der Waals surface area contributed by atoms with Crippen LogP contribution in [0.15, 0.2) is 42.5 Å². The van der Waals surface area contributed by atoms with Gasteiger partial charge in [0, 0.05) is 32.2 Å². The first kappa shape index (κ1) is 15.2. The van der Waals surface area contributed by atoms with Gasteiger partial charge in [0.15, 0.2) is 0 Å². The summed E-state index contributed by atoms with van der Waals surface area (Å²) in [6.45, 7) is 4.65. The van der Waals surface area contributed by atoms with Crippen LogP contribution in [0.5, 0.6) is 0 Å². The lowest BCUT2D eigenvalue weighted by molar-refractivity contribution is 0.103. The molecular weight excluding hydrogens is 280 g/mol. The highest BCUT2D eigenvalue weighted by atomic mass is 15.2. The first-order valence-corrected chi connectivity index (χ1v) is 9.35. The molecule has 2 aliphatic rings. The zero-order valence-corrected chi connectivity index (χ0v) is 14.0. The molecule has 0 bridgehead atoms. The predicted molar refractivity (Wildman–Crippen MR) is 97.7 cm³/mol. The second-order valence-corrected chi connectivity index (χ2v) is 7.24. The highest BCUT2D eigenvalue weighted by Crippen LogP contribution is 2.39. The van der Waals surface area contributed by atoms with E-state index in [-0.39, 0.29) is 0 Å².